The first kappa shape index (κ1) is 15.8. The van der Waals surface area contributed by atoms with Crippen LogP contribution in [0.4, 0.5) is 5.82 Å². The molecule has 0 N–H and O–H groups in total. The Hall–Kier alpha value is -2.13. The minimum atomic E-state index is 0.124. The Morgan fingerprint density at radius 1 is 1.48 bits per heavy atom. The standard InChI is InChI=1S/C17H22N4O2/c1-20(16-7-6-13(10-18)11-19-16)12-17(22)21-8-9-23-15-5-3-2-4-14(15)21/h6-7,11,14-15H,2-5,8-9,12H2,1H3/t14-,15-/m1/s1. The Morgan fingerprint density at radius 3 is 3.04 bits per heavy atom. The van der Waals surface area contributed by atoms with Gasteiger partial charge in [-0.3, -0.25) is 4.79 Å². The normalized spacial score (nSPS) is 23.7. The molecule has 1 aliphatic heterocycles. The SMILES string of the molecule is CN(CC(=O)N1CCO[C@@H]2CCCC[C@H]21)c1ccc(C#N)cn1. The molecule has 6 heteroatoms. The summed E-state index contributed by atoms with van der Waals surface area (Å²) in [5.41, 5.74) is 0.520. The van der Waals surface area contributed by atoms with Gasteiger partial charge in [-0.15, -0.1) is 0 Å². The molecule has 2 aliphatic rings. The molecule has 0 aromatic carbocycles. The number of morpholine rings is 1. The molecule has 0 unspecified atom stereocenters. The zero-order valence-corrected chi connectivity index (χ0v) is 13.4. The first-order valence-electron chi connectivity index (χ1n) is 8.17. The number of nitriles is 1. The molecule has 23 heavy (non-hydrogen) atoms. The van der Waals surface area contributed by atoms with Crippen molar-refractivity contribution in [2.45, 2.75) is 37.8 Å². The molecule has 1 saturated carbocycles. The summed E-state index contributed by atoms with van der Waals surface area (Å²) in [6, 6.07) is 5.77. The van der Waals surface area contributed by atoms with Crippen molar-refractivity contribution in [3.8, 4) is 6.07 Å². The summed E-state index contributed by atoms with van der Waals surface area (Å²) in [5, 5.41) is 8.82. The molecule has 3 rings (SSSR count). The average Bonchev–Trinajstić information content (AvgIpc) is 2.61. The maximum Gasteiger partial charge on any atom is 0.242 e. The minimum absolute atomic E-state index is 0.124. The van der Waals surface area contributed by atoms with Gasteiger partial charge in [-0.2, -0.15) is 5.26 Å². The fourth-order valence-corrected chi connectivity index (χ4v) is 3.46. The Balaban J connectivity index is 1.64. The lowest BCUT2D eigenvalue weighted by molar-refractivity contribution is -0.148. The number of anilines is 1. The van der Waals surface area contributed by atoms with Gasteiger partial charge in [0.15, 0.2) is 0 Å². The first-order valence-corrected chi connectivity index (χ1v) is 8.17. The molecular weight excluding hydrogens is 292 g/mol. The number of rotatable bonds is 3. The van der Waals surface area contributed by atoms with E-state index in [4.69, 9.17) is 10.00 Å². The number of amides is 1. The number of nitrogens with zero attached hydrogens (tertiary/aromatic N) is 4. The predicted octanol–water partition coefficient (Wildman–Crippen LogP) is 1.56. The number of pyridine rings is 1. The molecule has 0 spiro atoms. The molecule has 1 aromatic rings. The summed E-state index contributed by atoms with van der Waals surface area (Å²) < 4.78 is 5.83. The van der Waals surface area contributed by atoms with Gasteiger partial charge in [0.05, 0.1) is 30.9 Å². The van der Waals surface area contributed by atoms with E-state index in [9.17, 15) is 4.79 Å². The van der Waals surface area contributed by atoms with Crippen molar-refractivity contribution in [1.29, 1.82) is 5.26 Å². The second-order valence-electron chi connectivity index (χ2n) is 6.22. The van der Waals surface area contributed by atoms with Crippen molar-refractivity contribution in [2.75, 3.05) is 31.6 Å². The van der Waals surface area contributed by atoms with Gasteiger partial charge in [0.2, 0.25) is 5.91 Å². The quantitative estimate of drug-likeness (QED) is 0.847. The molecule has 0 bridgehead atoms. The summed E-state index contributed by atoms with van der Waals surface area (Å²) in [6.45, 7) is 1.60. The highest BCUT2D eigenvalue weighted by atomic mass is 16.5. The summed E-state index contributed by atoms with van der Waals surface area (Å²) in [6.07, 6.45) is 6.19. The van der Waals surface area contributed by atoms with E-state index in [2.05, 4.69) is 4.98 Å². The molecule has 2 fully saturated rings. The maximum atomic E-state index is 12.7. The van der Waals surface area contributed by atoms with Gasteiger partial charge < -0.3 is 14.5 Å². The van der Waals surface area contributed by atoms with Crippen molar-refractivity contribution in [2.24, 2.45) is 0 Å². The molecule has 1 aliphatic carbocycles. The van der Waals surface area contributed by atoms with Crippen molar-refractivity contribution in [1.82, 2.24) is 9.88 Å². The minimum Gasteiger partial charge on any atom is -0.374 e. The number of hydrogen-bond acceptors (Lipinski definition) is 5. The summed E-state index contributed by atoms with van der Waals surface area (Å²) in [5.74, 6) is 0.824. The van der Waals surface area contributed by atoms with Crippen LogP contribution < -0.4 is 4.90 Å². The number of aromatic nitrogens is 1. The van der Waals surface area contributed by atoms with Crippen LogP contribution in [-0.2, 0) is 9.53 Å². The van der Waals surface area contributed by atoms with E-state index >= 15 is 0 Å². The molecular formula is C17H22N4O2. The maximum absolute atomic E-state index is 12.7. The van der Waals surface area contributed by atoms with Gasteiger partial charge in [-0.05, 0) is 25.0 Å². The van der Waals surface area contributed by atoms with Gasteiger partial charge in [-0.1, -0.05) is 12.8 Å². The van der Waals surface area contributed by atoms with Crippen LogP contribution in [-0.4, -0.2) is 54.7 Å². The summed E-state index contributed by atoms with van der Waals surface area (Å²) >= 11 is 0. The van der Waals surface area contributed by atoms with Gasteiger partial charge in [0, 0.05) is 19.8 Å². The number of carbonyl (C=O) groups is 1. The zero-order chi connectivity index (χ0) is 16.2. The number of carbonyl (C=O) groups excluding carboxylic acids is 1. The summed E-state index contributed by atoms with van der Waals surface area (Å²) in [7, 11) is 1.85. The lowest BCUT2D eigenvalue weighted by atomic mass is 9.90. The van der Waals surface area contributed by atoms with Gasteiger partial charge in [0.1, 0.15) is 11.9 Å². The number of ether oxygens (including phenoxy) is 1. The van der Waals surface area contributed by atoms with E-state index in [1.165, 1.54) is 19.0 Å². The smallest absolute Gasteiger partial charge is 0.242 e. The van der Waals surface area contributed by atoms with Crippen LogP contribution >= 0.6 is 0 Å². The predicted molar refractivity (Wildman–Crippen MR) is 85.9 cm³/mol. The van der Waals surface area contributed by atoms with Crippen LogP contribution in [0.1, 0.15) is 31.2 Å². The fraction of sp³-hybridized carbons (Fsp3) is 0.588. The Kier molecular flexibility index (Phi) is 4.77. The second kappa shape index (κ2) is 6.97. The third-order valence-corrected chi connectivity index (χ3v) is 4.69. The van der Waals surface area contributed by atoms with Crippen LogP contribution in [0.2, 0.25) is 0 Å². The fourth-order valence-electron chi connectivity index (χ4n) is 3.46. The number of hydrogen-bond donors (Lipinski definition) is 0. The highest BCUT2D eigenvalue weighted by Crippen LogP contribution is 2.28. The van der Waals surface area contributed by atoms with Crippen LogP contribution in [0, 0.1) is 11.3 Å². The highest BCUT2D eigenvalue weighted by Gasteiger charge is 2.36. The molecule has 2 atom stereocenters. The lowest BCUT2D eigenvalue weighted by Crippen LogP contribution is -2.56. The van der Waals surface area contributed by atoms with E-state index in [0.717, 1.165) is 12.8 Å². The number of likely N-dealkylation sites (N-methyl/N-ethyl adjacent to an activating group) is 1. The van der Waals surface area contributed by atoms with Gasteiger partial charge in [0.25, 0.3) is 0 Å². The van der Waals surface area contributed by atoms with E-state index in [1.54, 1.807) is 12.1 Å². The van der Waals surface area contributed by atoms with E-state index in [1.807, 2.05) is 22.9 Å². The Labute approximate surface area is 136 Å². The van der Waals surface area contributed by atoms with E-state index < -0.39 is 0 Å². The zero-order valence-electron chi connectivity index (χ0n) is 13.4. The molecule has 2 heterocycles. The number of fused-ring (bicyclic) bond motifs is 1. The third-order valence-electron chi connectivity index (χ3n) is 4.69. The molecule has 0 radical (unpaired) electrons. The van der Waals surface area contributed by atoms with Crippen LogP contribution in [0.3, 0.4) is 0 Å². The van der Waals surface area contributed by atoms with Crippen LogP contribution in [0.15, 0.2) is 18.3 Å². The largest absolute Gasteiger partial charge is 0.374 e. The average molecular weight is 314 g/mol. The van der Waals surface area contributed by atoms with Crippen molar-refractivity contribution in [3.05, 3.63) is 23.9 Å². The molecule has 1 saturated heterocycles. The molecule has 1 aromatic heterocycles. The highest BCUT2D eigenvalue weighted by molar-refractivity contribution is 5.81. The first-order chi connectivity index (χ1) is 11.2. The topological polar surface area (TPSA) is 69.5 Å². The molecule has 1 amide bonds. The van der Waals surface area contributed by atoms with E-state index in [-0.39, 0.29) is 18.1 Å². The Bertz CT molecular complexity index is 594. The van der Waals surface area contributed by atoms with Crippen molar-refractivity contribution >= 4 is 11.7 Å². The monoisotopic (exact) mass is 314 g/mol. The Morgan fingerprint density at radius 2 is 2.30 bits per heavy atom. The van der Waals surface area contributed by atoms with E-state index in [0.29, 0.717) is 31.1 Å². The third kappa shape index (κ3) is 3.45. The van der Waals surface area contributed by atoms with Gasteiger partial charge >= 0.3 is 0 Å². The summed E-state index contributed by atoms with van der Waals surface area (Å²) in [4.78, 5) is 20.8. The lowest BCUT2D eigenvalue weighted by Gasteiger charge is -2.44. The van der Waals surface area contributed by atoms with Crippen molar-refractivity contribution < 1.29 is 9.53 Å². The van der Waals surface area contributed by atoms with Crippen LogP contribution in [0.25, 0.3) is 0 Å². The van der Waals surface area contributed by atoms with Gasteiger partial charge in [-0.25, -0.2) is 4.98 Å². The van der Waals surface area contributed by atoms with Crippen molar-refractivity contribution in [3.63, 3.8) is 0 Å². The second-order valence-corrected chi connectivity index (χ2v) is 6.22. The molecule has 122 valence electrons. The molecule has 6 nitrogen and oxygen atoms in total. The van der Waals surface area contributed by atoms with Crippen LogP contribution in [0.5, 0.6) is 0 Å².